The second-order valence-electron chi connectivity index (χ2n) is 4.70. The molecule has 0 fully saturated rings. The van der Waals surface area contributed by atoms with Gasteiger partial charge < -0.3 is 10.1 Å². The summed E-state index contributed by atoms with van der Waals surface area (Å²) in [6, 6.07) is 9.87. The summed E-state index contributed by atoms with van der Waals surface area (Å²) in [5.41, 5.74) is 2.22. The Balaban J connectivity index is 2.06. The molecule has 20 heavy (non-hydrogen) atoms. The van der Waals surface area contributed by atoms with Crippen molar-refractivity contribution in [1.82, 2.24) is 10.3 Å². The minimum absolute atomic E-state index is 0.655. The second kappa shape index (κ2) is 7.41. The number of benzene rings is 1. The molecule has 2 aromatic rings. The number of ether oxygens (including phenoxy) is 1. The first-order valence-corrected chi connectivity index (χ1v) is 7.58. The monoisotopic (exact) mass is 334 g/mol. The minimum atomic E-state index is 0.655. The summed E-state index contributed by atoms with van der Waals surface area (Å²) in [4.78, 5) is 4.40. The van der Waals surface area contributed by atoms with Gasteiger partial charge in [-0.2, -0.15) is 0 Å². The van der Waals surface area contributed by atoms with Crippen LogP contribution in [0.1, 0.15) is 24.5 Å². The summed E-state index contributed by atoms with van der Waals surface area (Å²) in [7, 11) is 0. The molecule has 3 nitrogen and oxygen atoms in total. The summed E-state index contributed by atoms with van der Waals surface area (Å²) in [5.74, 6) is 1.44. The Morgan fingerprint density at radius 3 is 2.85 bits per heavy atom. The van der Waals surface area contributed by atoms with Crippen molar-refractivity contribution in [2.45, 2.75) is 26.8 Å². The quantitative estimate of drug-likeness (QED) is 0.792. The maximum atomic E-state index is 5.81. The molecule has 106 valence electrons. The van der Waals surface area contributed by atoms with Crippen LogP contribution in [0.4, 0.5) is 0 Å². The first-order valence-electron chi connectivity index (χ1n) is 6.78. The number of nitrogens with zero attached hydrogens (tertiary/aromatic N) is 1. The Hall–Kier alpha value is -1.39. The van der Waals surface area contributed by atoms with Crippen LogP contribution in [0.2, 0.25) is 0 Å². The number of hydrogen-bond donors (Lipinski definition) is 1. The van der Waals surface area contributed by atoms with Crippen molar-refractivity contribution in [3.63, 3.8) is 0 Å². The number of halogens is 1. The Morgan fingerprint density at radius 1 is 1.30 bits per heavy atom. The lowest BCUT2D eigenvalue weighted by atomic mass is 10.2. The van der Waals surface area contributed by atoms with Crippen LogP contribution in [0, 0.1) is 6.92 Å². The average Bonchev–Trinajstić information content (AvgIpc) is 2.42. The lowest BCUT2D eigenvalue weighted by Crippen LogP contribution is -2.14. The summed E-state index contributed by atoms with van der Waals surface area (Å²) in [6.45, 7) is 6.04. The topological polar surface area (TPSA) is 34.2 Å². The van der Waals surface area contributed by atoms with Crippen LogP contribution < -0.4 is 10.1 Å². The zero-order valence-electron chi connectivity index (χ0n) is 11.8. The van der Waals surface area contributed by atoms with Crippen molar-refractivity contribution in [1.29, 1.82) is 0 Å². The van der Waals surface area contributed by atoms with Crippen molar-refractivity contribution in [2.75, 3.05) is 6.54 Å². The van der Waals surface area contributed by atoms with E-state index in [1.165, 1.54) is 5.56 Å². The Bertz CT molecular complexity index is 572. The first-order chi connectivity index (χ1) is 9.69. The Morgan fingerprint density at radius 2 is 2.15 bits per heavy atom. The summed E-state index contributed by atoms with van der Waals surface area (Å²) in [5, 5.41) is 3.37. The summed E-state index contributed by atoms with van der Waals surface area (Å²) < 4.78 is 6.80. The van der Waals surface area contributed by atoms with Gasteiger partial charge in [0.1, 0.15) is 5.75 Å². The van der Waals surface area contributed by atoms with Gasteiger partial charge in [-0.3, -0.25) is 0 Å². The van der Waals surface area contributed by atoms with Gasteiger partial charge in [0.2, 0.25) is 5.88 Å². The highest BCUT2D eigenvalue weighted by atomic mass is 79.9. The predicted molar refractivity (Wildman–Crippen MR) is 85.2 cm³/mol. The molecular formula is C16H19BrN2O. The number of aryl methyl sites for hydroxylation is 1. The first kappa shape index (κ1) is 15.0. The van der Waals surface area contributed by atoms with Crippen molar-refractivity contribution in [3.8, 4) is 11.6 Å². The van der Waals surface area contributed by atoms with E-state index < -0.39 is 0 Å². The van der Waals surface area contributed by atoms with E-state index >= 15 is 0 Å². The van der Waals surface area contributed by atoms with Gasteiger partial charge in [-0.15, -0.1) is 0 Å². The highest BCUT2D eigenvalue weighted by Gasteiger charge is 2.05. The van der Waals surface area contributed by atoms with E-state index in [1.54, 1.807) is 0 Å². The fraction of sp³-hybridized carbons (Fsp3) is 0.312. The highest BCUT2D eigenvalue weighted by Crippen LogP contribution is 2.25. The summed E-state index contributed by atoms with van der Waals surface area (Å²) in [6.07, 6.45) is 3.00. The molecule has 1 heterocycles. The zero-order valence-corrected chi connectivity index (χ0v) is 13.4. The molecule has 4 heteroatoms. The number of hydrogen-bond acceptors (Lipinski definition) is 3. The van der Waals surface area contributed by atoms with E-state index in [2.05, 4.69) is 39.2 Å². The molecule has 0 radical (unpaired) electrons. The van der Waals surface area contributed by atoms with Crippen LogP contribution in [0.3, 0.4) is 0 Å². The molecular weight excluding hydrogens is 316 g/mol. The third-order valence-electron chi connectivity index (χ3n) is 2.85. The summed E-state index contributed by atoms with van der Waals surface area (Å²) >= 11 is 3.43. The van der Waals surface area contributed by atoms with Crippen LogP contribution >= 0.6 is 15.9 Å². The third-order valence-corrected chi connectivity index (χ3v) is 3.35. The molecule has 1 N–H and O–H groups in total. The number of pyridine rings is 1. The van der Waals surface area contributed by atoms with Gasteiger partial charge in [0.05, 0.1) is 0 Å². The average molecular weight is 335 g/mol. The van der Waals surface area contributed by atoms with E-state index in [0.717, 1.165) is 35.3 Å². The predicted octanol–water partition coefficient (Wildman–Crippen LogP) is 4.44. The maximum absolute atomic E-state index is 5.81. The fourth-order valence-electron chi connectivity index (χ4n) is 1.88. The molecule has 0 amide bonds. The minimum Gasteiger partial charge on any atom is -0.439 e. The molecule has 0 atom stereocenters. The lowest BCUT2D eigenvalue weighted by Gasteiger charge is -2.10. The molecule has 0 aliphatic carbocycles. The molecule has 2 rings (SSSR count). The van der Waals surface area contributed by atoms with Crippen molar-refractivity contribution in [3.05, 3.63) is 52.1 Å². The maximum Gasteiger partial charge on any atom is 0.222 e. The molecule has 1 aromatic heterocycles. The second-order valence-corrected chi connectivity index (χ2v) is 5.62. The van der Waals surface area contributed by atoms with E-state index in [9.17, 15) is 0 Å². The van der Waals surface area contributed by atoms with Gasteiger partial charge in [-0.25, -0.2) is 4.98 Å². The highest BCUT2D eigenvalue weighted by molar-refractivity contribution is 9.10. The standard InChI is InChI=1S/C16H19BrN2O/c1-3-7-18-10-13-8-12(2)16(19-11-13)20-15-6-4-5-14(17)9-15/h4-6,8-9,11,18H,3,7,10H2,1-2H3. The largest absolute Gasteiger partial charge is 0.439 e. The number of nitrogens with one attached hydrogen (secondary N) is 1. The van der Waals surface area contributed by atoms with Crippen molar-refractivity contribution < 1.29 is 4.74 Å². The molecule has 0 unspecified atom stereocenters. The Kier molecular flexibility index (Phi) is 5.56. The van der Waals surface area contributed by atoms with Gasteiger partial charge in [0, 0.05) is 22.8 Å². The number of rotatable bonds is 6. The number of aromatic nitrogens is 1. The van der Waals surface area contributed by atoms with E-state index in [-0.39, 0.29) is 0 Å². The molecule has 0 bridgehead atoms. The van der Waals surface area contributed by atoms with Crippen molar-refractivity contribution in [2.24, 2.45) is 0 Å². The van der Waals surface area contributed by atoms with Gasteiger partial charge in [0.15, 0.2) is 0 Å². The Labute approximate surface area is 128 Å². The molecule has 0 aliphatic rings. The van der Waals surface area contributed by atoms with E-state index in [4.69, 9.17) is 4.74 Å². The van der Waals surface area contributed by atoms with Gasteiger partial charge in [-0.1, -0.05) is 28.9 Å². The lowest BCUT2D eigenvalue weighted by molar-refractivity contribution is 0.458. The molecule has 0 spiro atoms. The third kappa shape index (κ3) is 4.32. The van der Waals surface area contributed by atoms with Gasteiger partial charge in [0.25, 0.3) is 0 Å². The van der Waals surface area contributed by atoms with Gasteiger partial charge in [-0.05, 0) is 49.7 Å². The fourth-order valence-corrected chi connectivity index (χ4v) is 2.25. The van der Waals surface area contributed by atoms with Crippen LogP contribution in [0.5, 0.6) is 11.6 Å². The zero-order chi connectivity index (χ0) is 14.4. The molecule has 0 saturated heterocycles. The molecule has 0 aliphatic heterocycles. The van der Waals surface area contributed by atoms with Crippen molar-refractivity contribution >= 4 is 15.9 Å². The van der Waals surface area contributed by atoms with Crippen LogP contribution in [0.15, 0.2) is 41.0 Å². The van der Waals surface area contributed by atoms with Crippen LogP contribution in [0.25, 0.3) is 0 Å². The normalized spacial score (nSPS) is 10.6. The van der Waals surface area contributed by atoms with Crippen LogP contribution in [-0.4, -0.2) is 11.5 Å². The van der Waals surface area contributed by atoms with Gasteiger partial charge >= 0.3 is 0 Å². The molecule has 1 aromatic carbocycles. The van der Waals surface area contributed by atoms with Crippen LogP contribution in [-0.2, 0) is 6.54 Å². The SMILES string of the molecule is CCCNCc1cnc(Oc2cccc(Br)c2)c(C)c1. The molecule has 0 saturated carbocycles. The van der Waals surface area contributed by atoms with E-state index in [1.807, 2.05) is 37.4 Å². The van der Waals surface area contributed by atoms with E-state index in [0.29, 0.717) is 5.88 Å². The smallest absolute Gasteiger partial charge is 0.222 e.